The van der Waals surface area contributed by atoms with Crippen LogP contribution in [-0.2, 0) is 33.2 Å². The van der Waals surface area contributed by atoms with Crippen molar-refractivity contribution in [3.63, 3.8) is 0 Å². The van der Waals surface area contributed by atoms with Crippen LogP contribution >= 0.6 is 0 Å². The molecule has 7 N–H and O–H groups in total. The number of carbonyl (C=O) groups is 1. The molecule has 2 rings (SSSR count). The van der Waals surface area contributed by atoms with Crippen molar-refractivity contribution in [3.8, 4) is 0 Å². The van der Waals surface area contributed by atoms with E-state index >= 15 is 0 Å². The number of aliphatic hydroxyl groups is 7. The fourth-order valence-electron chi connectivity index (χ4n) is 8.81. The summed E-state index contributed by atoms with van der Waals surface area (Å²) in [6, 6.07) is 0. The monoisotopic (exact) mass is 961 g/mol. The predicted octanol–water partition coefficient (Wildman–Crippen LogP) is 8.63. The van der Waals surface area contributed by atoms with Gasteiger partial charge in [0.05, 0.1) is 26.4 Å². The topological polar surface area (TPSA) is 214 Å². The van der Waals surface area contributed by atoms with Crippen LogP contribution in [0, 0.1) is 0 Å². The number of hydrogen-bond acceptors (Lipinski definition) is 14. The van der Waals surface area contributed by atoms with Gasteiger partial charge in [-0.3, -0.25) is 4.79 Å². The fraction of sp³-hybridized carbons (Fsp3) is 0.943. The molecule has 0 aromatic rings. The zero-order valence-electron chi connectivity index (χ0n) is 42.2. The summed E-state index contributed by atoms with van der Waals surface area (Å²) in [5.41, 5.74) is 0. The Morgan fingerprint density at radius 2 is 0.881 bits per heavy atom. The lowest BCUT2D eigenvalue weighted by Crippen LogP contribution is -2.61. The van der Waals surface area contributed by atoms with Gasteiger partial charge < -0.3 is 64.2 Å². The van der Waals surface area contributed by atoms with Crippen molar-refractivity contribution < 1.29 is 69.0 Å². The van der Waals surface area contributed by atoms with Crippen LogP contribution in [0.4, 0.5) is 0 Å². The Morgan fingerprint density at radius 3 is 1.39 bits per heavy atom. The molecule has 2 fully saturated rings. The molecule has 2 aliphatic rings. The Morgan fingerprint density at radius 1 is 0.478 bits per heavy atom. The zero-order valence-corrected chi connectivity index (χ0v) is 42.2. The third-order valence-electron chi connectivity index (χ3n) is 13.3. The lowest BCUT2D eigenvalue weighted by atomic mass is 9.98. The fourth-order valence-corrected chi connectivity index (χ4v) is 8.81. The lowest BCUT2D eigenvalue weighted by molar-refractivity contribution is -0.332. The summed E-state index contributed by atoms with van der Waals surface area (Å²) in [4.78, 5) is 13.0. The highest BCUT2D eigenvalue weighted by Crippen LogP contribution is 2.27. The highest BCUT2D eigenvalue weighted by Gasteiger charge is 2.47. The van der Waals surface area contributed by atoms with Gasteiger partial charge in [0, 0.05) is 13.0 Å². The number of carbonyl (C=O) groups excluding carboxylic acids is 1. The average Bonchev–Trinajstić information content (AvgIpc) is 3.32. The van der Waals surface area contributed by atoms with Crippen molar-refractivity contribution in [2.24, 2.45) is 0 Å². The molecule has 0 amide bonds. The first kappa shape index (κ1) is 61.8. The maximum Gasteiger partial charge on any atom is 0.306 e. The zero-order chi connectivity index (χ0) is 48.7. The Bertz CT molecular complexity index is 1160. The first-order valence-electron chi connectivity index (χ1n) is 27.3. The Balaban J connectivity index is 1.71. The number of aliphatic hydroxyl groups excluding tert-OH is 7. The average molecular weight is 961 g/mol. The minimum atomic E-state index is -1.70. The van der Waals surface area contributed by atoms with Gasteiger partial charge in [-0.25, -0.2) is 0 Å². The van der Waals surface area contributed by atoms with Gasteiger partial charge in [-0.15, -0.1) is 0 Å². The van der Waals surface area contributed by atoms with Crippen LogP contribution in [0.3, 0.4) is 0 Å². The van der Waals surface area contributed by atoms with Gasteiger partial charge in [0.2, 0.25) is 0 Å². The molecule has 0 aromatic carbocycles. The predicted molar refractivity (Wildman–Crippen MR) is 261 cm³/mol. The molecular weight excluding hydrogens is 861 g/mol. The highest BCUT2D eigenvalue weighted by molar-refractivity contribution is 5.69. The van der Waals surface area contributed by atoms with E-state index in [1.807, 2.05) is 0 Å². The molecule has 0 spiro atoms. The molecule has 0 bridgehead atoms. The highest BCUT2D eigenvalue weighted by atomic mass is 16.7. The number of allylic oxidation sites excluding steroid dienone is 2. The van der Waals surface area contributed by atoms with Crippen molar-refractivity contribution in [1.29, 1.82) is 0 Å². The third kappa shape index (κ3) is 29.0. The summed E-state index contributed by atoms with van der Waals surface area (Å²) >= 11 is 0. The lowest BCUT2D eigenvalue weighted by Gasteiger charge is -2.42. The van der Waals surface area contributed by atoms with Gasteiger partial charge >= 0.3 is 5.97 Å². The molecule has 396 valence electrons. The second-order valence-corrected chi connectivity index (χ2v) is 19.4. The first-order chi connectivity index (χ1) is 32.6. The molecule has 2 aliphatic heterocycles. The molecular formula is C53H100O14. The molecule has 0 radical (unpaired) electrons. The van der Waals surface area contributed by atoms with Crippen molar-refractivity contribution in [3.05, 3.63) is 12.2 Å². The van der Waals surface area contributed by atoms with E-state index in [4.69, 9.17) is 28.4 Å². The van der Waals surface area contributed by atoms with Gasteiger partial charge in [-0.2, -0.15) is 0 Å². The van der Waals surface area contributed by atoms with Crippen LogP contribution in [0.25, 0.3) is 0 Å². The van der Waals surface area contributed by atoms with Crippen molar-refractivity contribution in [1.82, 2.24) is 0 Å². The molecule has 0 aromatic heterocycles. The van der Waals surface area contributed by atoms with E-state index in [1.165, 1.54) is 135 Å². The molecule has 2 saturated heterocycles. The van der Waals surface area contributed by atoms with Gasteiger partial charge in [-0.05, 0) is 38.5 Å². The second-order valence-electron chi connectivity index (χ2n) is 19.4. The van der Waals surface area contributed by atoms with Crippen LogP contribution in [0.1, 0.15) is 219 Å². The quantitative estimate of drug-likeness (QED) is 0.0173. The smallest absolute Gasteiger partial charge is 0.306 e. The van der Waals surface area contributed by atoms with Crippen molar-refractivity contribution >= 4 is 5.97 Å². The van der Waals surface area contributed by atoms with Gasteiger partial charge in [0.25, 0.3) is 0 Å². The van der Waals surface area contributed by atoms with Crippen molar-refractivity contribution in [2.45, 2.75) is 287 Å². The Kier molecular flexibility index (Phi) is 38.2. The van der Waals surface area contributed by atoms with E-state index in [2.05, 4.69) is 26.0 Å². The summed E-state index contributed by atoms with van der Waals surface area (Å²) in [5, 5.41) is 72.1. The third-order valence-corrected chi connectivity index (χ3v) is 13.3. The van der Waals surface area contributed by atoms with Crippen LogP contribution in [0.15, 0.2) is 12.2 Å². The maximum atomic E-state index is 13.0. The van der Waals surface area contributed by atoms with Crippen LogP contribution in [0.5, 0.6) is 0 Å². The summed E-state index contributed by atoms with van der Waals surface area (Å²) in [5.74, 6) is -0.382. The number of ether oxygens (including phenoxy) is 6. The molecule has 14 heteroatoms. The molecule has 0 saturated carbocycles. The van der Waals surface area contributed by atoms with E-state index in [-0.39, 0.29) is 25.6 Å². The summed E-state index contributed by atoms with van der Waals surface area (Å²) in [6.45, 7) is 3.69. The SMILES string of the molecule is CCCCC/C=C\CCCCCCCC(=O)OC(COCCCCCCCCCCCCCCCCCCCCCCC)COC1OC(COC2OC(CO)C(O)C(O)C2O)C(O)C(O)C1O. The van der Waals surface area contributed by atoms with Crippen molar-refractivity contribution in [2.75, 3.05) is 33.0 Å². The Hall–Kier alpha value is -1.27. The second kappa shape index (κ2) is 41.4. The minimum absolute atomic E-state index is 0.0640. The summed E-state index contributed by atoms with van der Waals surface area (Å²) in [6.07, 6.45) is 27.1. The molecule has 11 unspecified atom stereocenters. The summed E-state index contributed by atoms with van der Waals surface area (Å²) < 4.78 is 34.3. The van der Waals surface area contributed by atoms with E-state index in [0.29, 0.717) is 13.0 Å². The maximum absolute atomic E-state index is 13.0. The first-order valence-corrected chi connectivity index (χ1v) is 27.3. The number of unbranched alkanes of at least 4 members (excludes halogenated alkanes) is 28. The van der Waals surface area contributed by atoms with Crippen LogP contribution in [0.2, 0.25) is 0 Å². The van der Waals surface area contributed by atoms with Gasteiger partial charge in [0.1, 0.15) is 54.9 Å². The largest absolute Gasteiger partial charge is 0.457 e. The van der Waals surface area contributed by atoms with Gasteiger partial charge in [-0.1, -0.05) is 187 Å². The molecule has 2 heterocycles. The number of hydrogen-bond donors (Lipinski definition) is 7. The molecule has 67 heavy (non-hydrogen) atoms. The van der Waals surface area contributed by atoms with Gasteiger partial charge in [0.15, 0.2) is 12.6 Å². The standard InChI is InChI=1S/C53H100O14/c1-3-5-7-9-11-13-15-17-18-19-20-21-22-23-24-25-27-29-31-33-35-37-62-39-42(65-45(55)36-34-32-30-28-26-16-14-12-10-8-6-4-2)40-63-52-51(61)49(59)47(57)44(67-52)41-64-53-50(60)48(58)46(56)43(38-54)66-53/h12,14,42-44,46-54,56-61H,3-11,13,15-41H2,1-2H3/b14-12-. The molecule has 11 atom stereocenters. The molecule has 0 aliphatic carbocycles. The van der Waals surface area contributed by atoms with E-state index in [1.54, 1.807) is 0 Å². The van der Waals surface area contributed by atoms with E-state index in [0.717, 1.165) is 57.8 Å². The van der Waals surface area contributed by atoms with E-state index in [9.17, 15) is 40.5 Å². The number of rotatable bonds is 44. The normalized spacial score (nSPS) is 26.1. The van der Waals surface area contributed by atoms with Crippen LogP contribution in [-0.4, -0.2) is 142 Å². The number of esters is 1. The van der Waals surface area contributed by atoms with E-state index < -0.39 is 80.7 Å². The Labute approximate surface area is 405 Å². The van der Waals surface area contributed by atoms with Crippen LogP contribution < -0.4 is 0 Å². The summed E-state index contributed by atoms with van der Waals surface area (Å²) in [7, 11) is 0. The minimum Gasteiger partial charge on any atom is -0.457 e. The molecule has 14 nitrogen and oxygen atoms in total.